The molecule has 0 fully saturated rings. The van der Waals surface area contributed by atoms with Gasteiger partial charge < -0.3 is 14.5 Å². The fourth-order valence-corrected chi connectivity index (χ4v) is 1.39. The highest BCUT2D eigenvalue weighted by atomic mass is 16.5. The van der Waals surface area contributed by atoms with Crippen LogP contribution in [0.2, 0.25) is 0 Å². The molecule has 0 saturated heterocycles. The normalized spacial score (nSPS) is 13.5. The van der Waals surface area contributed by atoms with Crippen molar-refractivity contribution in [2.24, 2.45) is 5.41 Å². The van der Waals surface area contributed by atoms with Crippen LogP contribution in [0.5, 0.6) is 0 Å². The van der Waals surface area contributed by atoms with E-state index < -0.39 is 5.41 Å². The van der Waals surface area contributed by atoms with Gasteiger partial charge >= 0.3 is 5.97 Å². The summed E-state index contributed by atoms with van der Waals surface area (Å²) in [4.78, 5) is 11.4. The highest BCUT2D eigenvalue weighted by Gasteiger charge is 2.29. The molecule has 4 nitrogen and oxygen atoms in total. The second kappa shape index (κ2) is 5.16. The Kier molecular flexibility index (Phi) is 4.12. The van der Waals surface area contributed by atoms with Gasteiger partial charge in [0.05, 0.1) is 24.8 Å². The van der Waals surface area contributed by atoms with E-state index in [2.05, 4.69) is 5.32 Å². The molecule has 0 aliphatic carbocycles. The largest absolute Gasteiger partial charge is 0.469 e. The molecule has 0 amide bonds. The molecule has 90 valence electrons. The summed E-state index contributed by atoms with van der Waals surface area (Å²) >= 11 is 0. The van der Waals surface area contributed by atoms with Gasteiger partial charge in [0.15, 0.2) is 0 Å². The number of nitrogens with one attached hydrogen (secondary N) is 1. The highest BCUT2D eigenvalue weighted by Crippen LogP contribution is 2.18. The maximum absolute atomic E-state index is 11.4. The minimum absolute atomic E-state index is 0.0823. The Bertz CT molecular complexity index is 330. The number of carbonyl (C=O) groups is 1. The zero-order valence-corrected chi connectivity index (χ0v) is 10.2. The monoisotopic (exact) mass is 225 g/mol. The van der Waals surface area contributed by atoms with Crippen molar-refractivity contribution in [3.05, 3.63) is 24.2 Å². The van der Waals surface area contributed by atoms with Crippen molar-refractivity contribution in [3.8, 4) is 0 Å². The first-order valence-electron chi connectivity index (χ1n) is 5.32. The summed E-state index contributed by atoms with van der Waals surface area (Å²) in [6.07, 6.45) is 1.64. The van der Waals surface area contributed by atoms with Gasteiger partial charge in [-0.15, -0.1) is 0 Å². The molecule has 0 aliphatic heterocycles. The third kappa shape index (κ3) is 3.10. The van der Waals surface area contributed by atoms with E-state index in [0.717, 1.165) is 5.76 Å². The SMILES string of the molecule is COC(=O)C(C)(C)CN[C@H](C)c1ccco1. The molecular weight excluding hydrogens is 206 g/mol. The summed E-state index contributed by atoms with van der Waals surface area (Å²) in [7, 11) is 1.40. The zero-order valence-electron chi connectivity index (χ0n) is 10.2. The summed E-state index contributed by atoms with van der Waals surface area (Å²) in [5.74, 6) is 0.646. The van der Waals surface area contributed by atoms with E-state index in [-0.39, 0.29) is 12.0 Å². The molecular formula is C12H19NO3. The Morgan fingerprint density at radius 3 is 2.81 bits per heavy atom. The summed E-state index contributed by atoms with van der Waals surface area (Å²) in [6.45, 7) is 6.23. The number of furan rings is 1. The van der Waals surface area contributed by atoms with Crippen molar-refractivity contribution in [3.63, 3.8) is 0 Å². The number of rotatable bonds is 5. The third-order valence-corrected chi connectivity index (χ3v) is 2.56. The molecule has 1 aromatic rings. The maximum Gasteiger partial charge on any atom is 0.312 e. The molecule has 0 aliphatic rings. The predicted octanol–water partition coefficient (Wildman–Crippen LogP) is 2.13. The van der Waals surface area contributed by atoms with Crippen molar-refractivity contribution in [2.45, 2.75) is 26.8 Å². The molecule has 0 saturated carbocycles. The Labute approximate surface area is 96.0 Å². The second-order valence-electron chi connectivity index (χ2n) is 4.49. The van der Waals surface area contributed by atoms with Crippen molar-refractivity contribution in [2.75, 3.05) is 13.7 Å². The average Bonchev–Trinajstić information content (AvgIpc) is 2.78. The molecule has 0 unspecified atom stereocenters. The van der Waals surface area contributed by atoms with Crippen LogP contribution >= 0.6 is 0 Å². The standard InChI is InChI=1S/C12H19NO3/c1-9(10-6-5-7-16-10)13-8-12(2,3)11(14)15-4/h5-7,9,13H,8H2,1-4H3/t9-/m1/s1. The van der Waals surface area contributed by atoms with Crippen LogP contribution in [0.3, 0.4) is 0 Å². The minimum atomic E-state index is -0.532. The van der Waals surface area contributed by atoms with Crippen molar-refractivity contribution in [1.29, 1.82) is 0 Å². The lowest BCUT2D eigenvalue weighted by atomic mass is 9.93. The highest BCUT2D eigenvalue weighted by molar-refractivity contribution is 5.76. The van der Waals surface area contributed by atoms with Crippen LogP contribution < -0.4 is 5.32 Å². The molecule has 0 spiro atoms. The Morgan fingerprint density at radius 1 is 1.62 bits per heavy atom. The third-order valence-electron chi connectivity index (χ3n) is 2.56. The van der Waals surface area contributed by atoms with Gasteiger partial charge in [-0.05, 0) is 32.9 Å². The first-order valence-corrected chi connectivity index (χ1v) is 5.32. The molecule has 0 bridgehead atoms. The van der Waals surface area contributed by atoms with Crippen LogP contribution in [0.15, 0.2) is 22.8 Å². The van der Waals surface area contributed by atoms with Crippen molar-refractivity contribution >= 4 is 5.97 Å². The van der Waals surface area contributed by atoms with Crippen LogP contribution in [0, 0.1) is 5.41 Å². The van der Waals surface area contributed by atoms with Crippen LogP contribution in [0.4, 0.5) is 0 Å². The van der Waals surface area contributed by atoms with Gasteiger partial charge in [0.1, 0.15) is 5.76 Å². The second-order valence-corrected chi connectivity index (χ2v) is 4.49. The lowest BCUT2D eigenvalue weighted by Crippen LogP contribution is -2.37. The van der Waals surface area contributed by atoms with E-state index in [9.17, 15) is 4.79 Å². The lowest BCUT2D eigenvalue weighted by Gasteiger charge is -2.23. The minimum Gasteiger partial charge on any atom is -0.469 e. The van der Waals surface area contributed by atoms with E-state index in [1.807, 2.05) is 32.9 Å². The molecule has 1 heterocycles. The Morgan fingerprint density at radius 2 is 2.31 bits per heavy atom. The van der Waals surface area contributed by atoms with E-state index in [1.54, 1.807) is 6.26 Å². The van der Waals surface area contributed by atoms with Crippen LogP contribution in [0.1, 0.15) is 32.6 Å². The summed E-state index contributed by atoms with van der Waals surface area (Å²) in [5.41, 5.74) is -0.532. The van der Waals surface area contributed by atoms with E-state index in [4.69, 9.17) is 9.15 Å². The number of methoxy groups -OCH3 is 1. The number of carbonyl (C=O) groups excluding carboxylic acids is 1. The molecule has 4 heteroatoms. The van der Waals surface area contributed by atoms with Gasteiger partial charge in [0, 0.05) is 6.54 Å². The Balaban J connectivity index is 2.48. The first-order chi connectivity index (χ1) is 7.47. The van der Waals surface area contributed by atoms with Gasteiger partial charge in [-0.1, -0.05) is 0 Å². The molecule has 1 aromatic heterocycles. The van der Waals surface area contributed by atoms with E-state index in [1.165, 1.54) is 7.11 Å². The number of ether oxygens (including phenoxy) is 1. The molecule has 16 heavy (non-hydrogen) atoms. The number of esters is 1. The number of hydrogen-bond donors (Lipinski definition) is 1. The van der Waals surface area contributed by atoms with Gasteiger partial charge in [-0.2, -0.15) is 0 Å². The molecule has 1 atom stereocenters. The zero-order chi connectivity index (χ0) is 12.2. The van der Waals surface area contributed by atoms with Crippen LogP contribution in [-0.2, 0) is 9.53 Å². The van der Waals surface area contributed by atoms with Gasteiger partial charge in [0.2, 0.25) is 0 Å². The van der Waals surface area contributed by atoms with Crippen LogP contribution in [-0.4, -0.2) is 19.6 Å². The maximum atomic E-state index is 11.4. The van der Waals surface area contributed by atoms with Gasteiger partial charge in [0.25, 0.3) is 0 Å². The van der Waals surface area contributed by atoms with Crippen LogP contribution in [0.25, 0.3) is 0 Å². The van der Waals surface area contributed by atoms with Crippen molar-refractivity contribution < 1.29 is 13.9 Å². The topological polar surface area (TPSA) is 51.5 Å². The summed E-state index contributed by atoms with van der Waals surface area (Å²) in [5, 5.41) is 3.25. The smallest absolute Gasteiger partial charge is 0.312 e. The molecule has 0 aromatic carbocycles. The van der Waals surface area contributed by atoms with Crippen molar-refractivity contribution in [1.82, 2.24) is 5.32 Å². The predicted molar refractivity (Wildman–Crippen MR) is 60.9 cm³/mol. The molecule has 1 N–H and O–H groups in total. The van der Waals surface area contributed by atoms with E-state index >= 15 is 0 Å². The summed E-state index contributed by atoms with van der Waals surface area (Å²) < 4.78 is 10.0. The molecule has 1 rings (SSSR count). The average molecular weight is 225 g/mol. The van der Waals surface area contributed by atoms with Gasteiger partial charge in [-0.25, -0.2) is 0 Å². The fraction of sp³-hybridized carbons (Fsp3) is 0.583. The van der Waals surface area contributed by atoms with Gasteiger partial charge in [-0.3, -0.25) is 4.79 Å². The fourth-order valence-electron chi connectivity index (χ4n) is 1.39. The summed E-state index contributed by atoms with van der Waals surface area (Å²) in [6, 6.07) is 3.83. The lowest BCUT2D eigenvalue weighted by molar-refractivity contribution is -0.150. The quantitative estimate of drug-likeness (QED) is 0.780. The van der Waals surface area contributed by atoms with E-state index in [0.29, 0.717) is 6.54 Å². The Hall–Kier alpha value is -1.29. The molecule has 0 radical (unpaired) electrons. The first kappa shape index (κ1) is 12.8. The number of hydrogen-bond acceptors (Lipinski definition) is 4.